The van der Waals surface area contributed by atoms with Crippen LogP contribution in [0.15, 0.2) is 18.5 Å². The average molecular weight is 175 g/mol. The van der Waals surface area contributed by atoms with Crippen molar-refractivity contribution >= 4 is 5.65 Å². The summed E-state index contributed by atoms with van der Waals surface area (Å²) in [7, 11) is 0. The van der Waals surface area contributed by atoms with Gasteiger partial charge in [0.2, 0.25) is 0 Å². The maximum atomic E-state index is 4.21. The molecule has 0 saturated carbocycles. The molecule has 68 valence electrons. The van der Waals surface area contributed by atoms with Crippen LogP contribution >= 0.6 is 0 Å². The third-order valence-electron chi connectivity index (χ3n) is 2.24. The Hall–Kier alpha value is -1.38. The molecule has 0 unspecified atom stereocenters. The molecule has 0 aromatic carbocycles. The van der Waals surface area contributed by atoms with Gasteiger partial charge in [-0.05, 0) is 24.5 Å². The van der Waals surface area contributed by atoms with Crippen LogP contribution in [0.4, 0.5) is 0 Å². The van der Waals surface area contributed by atoms with Crippen LogP contribution in [0.25, 0.3) is 5.65 Å². The van der Waals surface area contributed by atoms with Crippen molar-refractivity contribution in [2.75, 3.05) is 0 Å². The van der Waals surface area contributed by atoms with Crippen molar-refractivity contribution in [2.24, 2.45) is 0 Å². The topological polar surface area (TPSA) is 30.2 Å². The first-order chi connectivity index (χ1) is 6.20. The summed E-state index contributed by atoms with van der Waals surface area (Å²) in [5, 5.41) is 4.21. The van der Waals surface area contributed by atoms with Gasteiger partial charge in [0.1, 0.15) is 6.33 Å². The second-order valence-corrected chi connectivity index (χ2v) is 3.59. The Morgan fingerprint density at radius 2 is 2.08 bits per heavy atom. The minimum Gasteiger partial charge on any atom is -0.217 e. The van der Waals surface area contributed by atoms with Gasteiger partial charge in [-0.25, -0.2) is 9.50 Å². The molecule has 0 spiro atoms. The van der Waals surface area contributed by atoms with Crippen molar-refractivity contribution in [3.05, 3.63) is 29.7 Å². The van der Waals surface area contributed by atoms with E-state index in [9.17, 15) is 0 Å². The summed E-state index contributed by atoms with van der Waals surface area (Å²) in [6, 6.07) is 4.21. The summed E-state index contributed by atoms with van der Waals surface area (Å²) in [6.07, 6.45) is 1.61. The summed E-state index contributed by atoms with van der Waals surface area (Å²) in [4.78, 5) is 4.21. The lowest BCUT2D eigenvalue weighted by molar-refractivity contribution is 0.755. The minimum absolute atomic E-state index is 0.477. The molecule has 0 fully saturated rings. The molecular formula is C10H13N3. The maximum absolute atomic E-state index is 4.21. The van der Waals surface area contributed by atoms with E-state index in [1.54, 1.807) is 6.33 Å². The Labute approximate surface area is 77.4 Å². The zero-order chi connectivity index (χ0) is 9.42. The van der Waals surface area contributed by atoms with Gasteiger partial charge in [-0.2, -0.15) is 5.10 Å². The van der Waals surface area contributed by atoms with Crippen molar-refractivity contribution in [2.45, 2.75) is 26.7 Å². The van der Waals surface area contributed by atoms with Crippen LogP contribution in [-0.4, -0.2) is 14.6 Å². The van der Waals surface area contributed by atoms with Crippen LogP contribution in [0.2, 0.25) is 0 Å². The lowest BCUT2D eigenvalue weighted by atomic mass is 10.1. The third-order valence-corrected chi connectivity index (χ3v) is 2.24. The molecule has 0 amide bonds. The smallest absolute Gasteiger partial charge is 0.158 e. The normalized spacial score (nSPS) is 11.4. The molecule has 0 saturated heterocycles. The number of aryl methyl sites for hydroxylation is 1. The molecule has 2 heterocycles. The van der Waals surface area contributed by atoms with Crippen molar-refractivity contribution < 1.29 is 0 Å². The summed E-state index contributed by atoms with van der Waals surface area (Å²) < 4.78 is 1.92. The van der Waals surface area contributed by atoms with E-state index in [1.807, 2.05) is 11.4 Å². The predicted octanol–water partition coefficient (Wildman–Crippen LogP) is 2.16. The van der Waals surface area contributed by atoms with Gasteiger partial charge in [0.25, 0.3) is 0 Å². The molecule has 13 heavy (non-hydrogen) atoms. The fourth-order valence-electron chi connectivity index (χ4n) is 1.49. The lowest BCUT2D eigenvalue weighted by Gasteiger charge is -2.08. The first kappa shape index (κ1) is 8.23. The Morgan fingerprint density at radius 3 is 2.77 bits per heavy atom. The van der Waals surface area contributed by atoms with Gasteiger partial charge in [0.05, 0.1) is 0 Å². The van der Waals surface area contributed by atoms with Crippen molar-refractivity contribution in [3.8, 4) is 0 Å². The molecule has 0 N–H and O–H groups in total. The molecule has 2 aromatic heterocycles. The SMILES string of the molecule is Cc1ccc(C(C)C)n2ncnc12. The monoisotopic (exact) mass is 175 g/mol. The highest BCUT2D eigenvalue weighted by Crippen LogP contribution is 2.16. The van der Waals surface area contributed by atoms with Gasteiger partial charge in [0, 0.05) is 5.69 Å². The molecule has 2 rings (SSSR count). The molecule has 0 radical (unpaired) electrons. The lowest BCUT2D eigenvalue weighted by Crippen LogP contribution is -2.01. The van der Waals surface area contributed by atoms with E-state index in [2.05, 4.69) is 36.1 Å². The van der Waals surface area contributed by atoms with E-state index in [0.29, 0.717) is 5.92 Å². The van der Waals surface area contributed by atoms with Crippen molar-refractivity contribution in [1.82, 2.24) is 14.6 Å². The van der Waals surface area contributed by atoms with E-state index in [4.69, 9.17) is 0 Å². The van der Waals surface area contributed by atoms with Crippen molar-refractivity contribution in [1.29, 1.82) is 0 Å². The van der Waals surface area contributed by atoms with E-state index < -0.39 is 0 Å². The molecule has 0 aliphatic heterocycles. The molecule has 0 aliphatic rings. The van der Waals surface area contributed by atoms with Gasteiger partial charge in [0.15, 0.2) is 5.65 Å². The van der Waals surface area contributed by atoms with Gasteiger partial charge in [-0.1, -0.05) is 19.9 Å². The van der Waals surface area contributed by atoms with Gasteiger partial charge >= 0.3 is 0 Å². The predicted molar refractivity (Wildman–Crippen MR) is 51.8 cm³/mol. The minimum atomic E-state index is 0.477. The highest BCUT2D eigenvalue weighted by molar-refractivity contribution is 5.46. The van der Waals surface area contributed by atoms with Gasteiger partial charge in [-0.15, -0.1) is 0 Å². The standard InChI is InChI=1S/C10H13N3/c1-7(2)9-5-4-8(3)10-11-6-12-13(9)10/h4-7H,1-3H3. The first-order valence-corrected chi connectivity index (χ1v) is 4.49. The van der Waals surface area contributed by atoms with E-state index in [0.717, 1.165) is 5.65 Å². The van der Waals surface area contributed by atoms with E-state index in [1.165, 1.54) is 11.3 Å². The summed E-state index contributed by atoms with van der Waals surface area (Å²) in [5.41, 5.74) is 3.34. The molecule has 0 atom stereocenters. The summed E-state index contributed by atoms with van der Waals surface area (Å²) in [6.45, 7) is 6.37. The molecule has 3 heteroatoms. The molecule has 0 bridgehead atoms. The highest BCUT2D eigenvalue weighted by atomic mass is 15.3. The zero-order valence-electron chi connectivity index (χ0n) is 8.15. The molecule has 3 nitrogen and oxygen atoms in total. The first-order valence-electron chi connectivity index (χ1n) is 4.49. The van der Waals surface area contributed by atoms with Crippen LogP contribution in [-0.2, 0) is 0 Å². The van der Waals surface area contributed by atoms with Crippen LogP contribution in [0.3, 0.4) is 0 Å². The van der Waals surface area contributed by atoms with Crippen molar-refractivity contribution in [3.63, 3.8) is 0 Å². The summed E-state index contributed by atoms with van der Waals surface area (Å²) >= 11 is 0. The Morgan fingerprint density at radius 1 is 1.31 bits per heavy atom. The largest absolute Gasteiger partial charge is 0.217 e. The second-order valence-electron chi connectivity index (χ2n) is 3.59. The quantitative estimate of drug-likeness (QED) is 0.664. The molecule has 2 aromatic rings. The number of fused-ring (bicyclic) bond motifs is 1. The van der Waals surface area contributed by atoms with E-state index >= 15 is 0 Å². The maximum Gasteiger partial charge on any atom is 0.158 e. The fourth-order valence-corrected chi connectivity index (χ4v) is 1.49. The van der Waals surface area contributed by atoms with Crippen LogP contribution in [0.5, 0.6) is 0 Å². The third kappa shape index (κ3) is 1.20. The van der Waals surface area contributed by atoms with Crippen LogP contribution in [0, 0.1) is 6.92 Å². The van der Waals surface area contributed by atoms with Gasteiger partial charge < -0.3 is 0 Å². The molecular weight excluding hydrogens is 162 g/mol. The number of aromatic nitrogens is 3. The van der Waals surface area contributed by atoms with E-state index in [-0.39, 0.29) is 0 Å². The average Bonchev–Trinajstić information content (AvgIpc) is 2.53. The Bertz CT molecular complexity index is 429. The van der Waals surface area contributed by atoms with Crippen LogP contribution < -0.4 is 0 Å². The number of rotatable bonds is 1. The van der Waals surface area contributed by atoms with Crippen LogP contribution in [0.1, 0.15) is 31.0 Å². The fraction of sp³-hybridized carbons (Fsp3) is 0.400. The Kier molecular flexibility index (Phi) is 1.79. The number of pyridine rings is 1. The zero-order valence-corrected chi connectivity index (χ0v) is 8.15. The molecule has 0 aliphatic carbocycles. The number of nitrogens with zero attached hydrogens (tertiary/aromatic N) is 3. The van der Waals surface area contributed by atoms with Gasteiger partial charge in [-0.3, -0.25) is 0 Å². The number of hydrogen-bond acceptors (Lipinski definition) is 2. The summed E-state index contributed by atoms with van der Waals surface area (Å²) in [5.74, 6) is 0.477. The Balaban J connectivity index is 2.78. The number of hydrogen-bond donors (Lipinski definition) is 0. The highest BCUT2D eigenvalue weighted by Gasteiger charge is 2.07. The second kappa shape index (κ2) is 2.83.